The van der Waals surface area contributed by atoms with Crippen LogP contribution >= 0.6 is 15.9 Å². The normalized spacial score (nSPS) is 10.8. The van der Waals surface area contributed by atoms with E-state index >= 15 is 0 Å². The van der Waals surface area contributed by atoms with E-state index in [1.54, 1.807) is 25.1 Å². The van der Waals surface area contributed by atoms with Crippen LogP contribution in [0.5, 0.6) is 5.75 Å². The van der Waals surface area contributed by atoms with Gasteiger partial charge >= 0.3 is 5.69 Å². The standard InChI is InChI=1S/C20H16BrN3O5/c1-13-2-8-19(17(10-13)24(26)27)28-12-20(25)23-22-11-16-7-9-18(29-16)14-3-5-15(21)6-4-14/h2-11H,12H2,1H3,(H,23,25)/b22-11-. The van der Waals surface area contributed by atoms with Crippen molar-refractivity contribution in [3.63, 3.8) is 0 Å². The summed E-state index contributed by atoms with van der Waals surface area (Å²) < 4.78 is 11.9. The summed E-state index contributed by atoms with van der Waals surface area (Å²) in [4.78, 5) is 22.4. The molecular weight excluding hydrogens is 442 g/mol. The Kier molecular flexibility index (Phi) is 6.40. The number of benzene rings is 2. The van der Waals surface area contributed by atoms with E-state index in [1.165, 1.54) is 18.3 Å². The van der Waals surface area contributed by atoms with Crippen LogP contribution in [0.4, 0.5) is 5.69 Å². The van der Waals surface area contributed by atoms with Gasteiger partial charge in [0.25, 0.3) is 5.91 Å². The van der Waals surface area contributed by atoms with Crippen LogP contribution in [-0.2, 0) is 4.79 Å². The molecule has 2 aromatic carbocycles. The van der Waals surface area contributed by atoms with Gasteiger partial charge in [0.05, 0.1) is 11.1 Å². The van der Waals surface area contributed by atoms with Gasteiger partial charge in [-0.15, -0.1) is 0 Å². The highest BCUT2D eigenvalue weighted by Crippen LogP contribution is 2.27. The van der Waals surface area contributed by atoms with E-state index in [0.717, 1.165) is 15.6 Å². The topological polar surface area (TPSA) is 107 Å². The third kappa shape index (κ3) is 5.52. The van der Waals surface area contributed by atoms with E-state index in [0.29, 0.717) is 11.5 Å². The van der Waals surface area contributed by atoms with Crippen molar-refractivity contribution in [1.82, 2.24) is 5.43 Å². The quantitative estimate of drug-likeness (QED) is 0.320. The molecular formula is C20H16BrN3O5. The summed E-state index contributed by atoms with van der Waals surface area (Å²) >= 11 is 3.38. The summed E-state index contributed by atoms with van der Waals surface area (Å²) in [6, 6.07) is 15.7. The second-order valence-corrected chi connectivity index (χ2v) is 6.93. The fourth-order valence-electron chi connectivity index (χ4n) is 2.43. The lowest BCUT2D eigenvalue weighted by Gasteiger charge is -2.06. The maximum Gasteiger partial charge on any atom is 0.311 e. The molecule has 1 heterocycles. The molecule has 1 aromatic heterocycles. The molecule has 3 rings (SSSR count). The number of ether oxygens (including phenoxy) is 1. The number of hydrazone groups is 1. The molecule has 0 saturated heterocycles. The Labute approximate surface area is 174 Å². The fourth-order valence-corrected chi connectivity index (χ4v) is 2.69. The minimum atomic E-state index is -0.559. The Morgan fingerprint density at radius 1 is 1.24 bits per heavy atom. The molecule has 0 aliphatic carbocycles. The molecule has 0 aliphatic heterocycles. The lowest BCUT2D eigenvalue weighted by molar-refractivity contribution is -0.385. The molecule has 0 bridgehead atoms. The molecule has 0 fully saturated rings. The Hall–Kier alpha value is -3.46. The first-order chi connectivity index (χ1) is 13.9. The number of aryl methyl sites for hydroxylation is 1. The maximum absolute atomic E-state index is 11.9. The number of hydrogen-bond acceptors (Lipinski definition) is 6. The predicted molar refractivity (Wildman–Crippen MR) is 111 cm³/mol. The van der Waals surface area contributed by atoms with Gasteiger partial charge in [-0.2, -0.15) is 5.10 Å². The zero-order valence-electron chi connectivity index (χ0n) is 15.3. The van der Waals surface area contributed by atoms with Crippen LogP contribution in [0.15, 0.2) is 68.6 Å². The van der Waals surface area contributed by atoms with Crippen molar-refractivity contribution in [3.05, 3.63) is 80.5 Å². The largest absolute Gasteiger partial charge is 0.477 e. The third-order valence-electron chi connectivity index (χ3n) is 3.81. The average Bonchev–Trinajstić information content (AvgIpc) is 3.16. The van der Waals surface area contributed by atoms with Crippen molar-refractivity contribution in [2.45, 2.75) is 6.92 Å². The molecule has 0 aliphatic rings. The van der Waals surface area contributed by atoms with Gasteiger partial charge in [0.1, 0.15) is 11.5 Å². The summed E-state index contributed by atoms with van der Waals surface area (Å²) in [6.45, 7) is 1.32. The maximum atomic E-state index is 11.9. The van der Waals surface area contributed by atoms with E-state index in [2.05, 4.69) is 26.5 Å². The summed E-state index contributed by atoms with van der Waals surface area (Å²) in [7, 11) is 0. The Bertz CT molecular complexity index is 1060. The highest BCUT2D eigenvalue weighted by atomic mass is 79.9. The molecule has 148 valence electrons. The van der Waals surface area contributed by atoms with Gasteiger partial charge < -0.3 is 9.15 Å². The van der Waals surface area contributed by atoms with Gasteiger partial charge in [0.2, 0.25) is 0 Å². The van der Waals surface area contributed by atoms with Crippen molar-refractivity contribution < 1.29 is 18.9 Å². The Morgan fingerprint density at radius 2 is 2.00 bits per heavy atom. The molecule has 3 aromatic rings. The number of amides is 1. The summed E-state index contributed by atoms with van der Waals surface area (Å²) in [5, 5.41) is 14.9. The molecule has 1 amide bonds. The summed E-state index contributed by atoms with van der Waals surface area (Å²) in [5.41, 5.74) is 3.72. The van der Waals surface area contributed by atoms with Crippen LogP contribution in [0, 0.1) is 17.0 Å². The van der Waals surface area contributed by atoms with E-state index in [1.807, 2.05) is 24.3 Å². The minimum absolute atomic E-state index is 0.0184. The highest BCUT2D eigenvalue weighted by molar-refractivity contribution is 9.10. The lowest BCUT2D eigenvalue weighted by Crippen LogP contribution is -2.24. The van der Waals surface area contributed by atoms with E-state index in [-0.39, 0.29) is 11.4 Å². The van der Waals surface area contributed by atoms with Crippen LogP contribution in [0.3, 0.4) is 0 Å². The SMILES string of the molecule is Cc1ccc(OCC(=O)N/N=C\c2ccc(-c3ccc(Br)cc3)o2)c([N+](=O)[O-])c1. The molecule has 0 radical (unpaired) electrons. The lowest BCUT2D eigenvalue weighted by atomic mass is 10.2. The molecule has 8 nitrogen and oxygen atoms in total. The first-order valence-electron chi connectivity index (χ1n) is 8.48. The zero-order chi connectivity index (χ0) is 20.8. The van der Waals surface area contributed by atoms with Crippen molar-refractivity contribution in [3.8, 4) is 17.1 Å². The molecule has 0 atom stereocenters. The van der Waals surface area contributed by atoms with Crippen LogP contribution < -0.4 is 10.2 Å². The van der Waals surface area contributed by atoms with Gasteiger partial charge in [-0.3, -0.25) is 14.9 Å². The van der Waals surface area contributed by atoms with Crippen LogP contribution in [0.2, 0.25) is 0 Å². The van der Waals surface area contributed by atoms with Crippen LogP contribution in [0.1, 0.15) is 11.3 Å². The van der Waals surface area contributed by atoms with Crippen molar-refractivity contribution in [2.24, 2.45) is 5.10 Å². The van der Waals surface area contributed by atoms with E-state index in [4.69, 9.17) is 9.15 Å². The van der Waals surface area contributed by atoms with Crippen LogP contribution in [0.25, 0.3) is 11.3 Å². The highest BCUT2D eigenvalue weighted by Gasteiger charge is 2.16. The monoisotopic (exact) mass is 457 g/mol. The number of nitrogens with zero attached hydrogens (tertiary/aromatic N) is 2. The average molecular weight is 458 g/mol. The van der Waals surface area contributed by atoms with Gasteiger partial charge in [-0.1, -0.05) is 34.1 Å². The summed E-state index contributed by atoms with van der Waals surface area (Å²) in [5.74, 6) is 0.583. The number of nitro benzene ring substituents is 1. The van der Waals surface area contributed by atoms with E-state index < -0.39 is 17.4 Å². The smallest absolute Gasteiger partial charge is 0.311 e. The van der Waals surface area contributed by atoms with Crippen molar-refractivity contribution in [2.75, 3.05) is 6.61 Å². The molecule has 0 spiro atoms. The predicted octanol–water partition coefficient (Wildman–Crippen LogP) is 4.45. The van der Waals surface area contributed by atoms with Crippen molar-refractivity contribution >= 4 is 33.7 Å². The second kappa shape index (κ2) is 9.16. The first-order valence-corrected chi connectivity index (χ1v) is 9.27. The number of carbonyl (C=O) groups excluding carboxylic acids is 1. The minimum Gasteiger partial charge on any atom is -0.477 e. The number of carbonyl (C=O) groups is 1. The molecule has 1 N–H and O–H groups in total. The van der Waals surface area contributed by atoms with Gasteiger partial charge in [0.15, 0.2) is 12.4 Å². The van der Waals surface area contributed by atoms with Gasteiger partial charge in [-0.05, 0) is 42.8 Å². The number of rotatable bonds is 7. The number of nitro groups is 1. The number of furan rings is 1. The van der Waals surface area contributed by atoms with Crippen molar-refractivity contribution in [1.29, 1.82) is 0 Å². The van der Waals surface area contributed by atoms with Gasteiger partial charge in [0, 0.05) is 16.1 Å². The second-order valence-electron chi connectivity index (χ2n) is 6.02. The molecule has 9 heteroatoms. The fraction of sp³-hybridized carbons (Fsp3) is 0.100. The van der Waals surface area contributed by atoms with Gasteiger partial charge in [-0.25, -0.2) is 5.43 Å². The molecule has 0 saturated carbocycles. The van der Waals surface area contributed by atoms with E-state index in [9.17, 15) is 14.9 Å². The first kappa shape index (κ1) is 20.3. The Balaban J connectivity index is 1.54. The molecule has 0 unspecified atom stereocenters. The number of hydrogen-bond donors (Lipinski definition) is 1. The number of halogens is 1. The zero-order valence-corrected chi connectivity index (χ0v) is 16.9. The summed E-state index contributed by atoms with van der Waals surface area (Å²) in [6.07, 6.45) is 1.36. The Morgan fingerprint density at radius 3 is 2.72 bits per heavy atom. The molecule has 29 heavy (non-hydrogen) atoms. The number of nitrogens with one attached hydrogen (secondary N) is 1. The third-order valence-corrected chi connectivity index (χ3v) is 4.34. The van der Waals surface area contributed by atoms with Crippen LogP contribution in [-0.4, -0.2) is 23.7 Å².